The summed E-state index contributed by atoms with van der Waals surface area (Å²) in [6, 6.07) is 15.3. The van der Waals surface area contributed by atoms with Crippen LogP contribution in [0.3, 0.4) is 0 Å². The Morgan fingerprint density at radius 3 is 2.66 bits per heavy atom. The second-order valence-corrected chi connectivity index (χ2v) is 6.70. The first-order chi connectivity index (χ1) is 13.6. The molecule has 0 aliphatic heterocycles. The smallest absolute Gasteiger partial charge is 0.191 e. The molecule has 0 saturated heterocycles. The van der Waals surface area contributed by atoms with Gasteiger partial charge in [0, 0.05) is 32.5 Å². The van der Waals surface area contributed by atoms with Gasteiger partial charge in [0.05, 0.1) is 6.54 Å². The highest BCUT2D eigenvalue weighted by Gasteiger charge is 2.03. The summed E-state index contributed by atoms with van der Waals surface area (Å²) >= 11 is 0. The summed E-state index contributed by atoms with van der Waals surface area (Å²) in [4.78, 5) is 4.27. The molecule has 0 spiro atoms. The first kappa shape index (κ1) is 22.9. The van der Waals surface area contributed by atoms with Crippen molar-refractivity contribution in [2.45, 2.75) is 26.4 Å². The van der Waals surface area contributed by atoms with Crippen LogP contribution in [-0.2, 0) is 19.5 Å². The van der Waals surface area contributed by atoms with Gasteiger partial charge in [-0.3, -0.25) is 9.67 Å². The Labute approximate surface area is 188 Å². The summed E-state index contributed by atoms with van der Waals surface area (Å²) in [6.07, 6.45) is 4.56. The predicted octanol–water partition coefficient (Wildman–Crippen LogP) is 3.90. The van der Waals surface area contributed by atoms with Crippen molar-refractivity contribution in [3.05, 3.63) is 89.0 Å². The maximum atomic E-state index is 13.2. The molecule has 0 bridgehead atoms. The van der Waals surface area contributed by atoms with Crippen LogP contribution in [0.15, 0.2) is 65.9 Å². The van der Waals surface area contributed by atoms with Gasteiger partial charge in [-0.2, -0.15) is 5.10 Å². The van der Waals surface area contributed by atoms with Crippen molar-refractivity contribution >= 4 is 29.9 Å². The number of hydrogen-bond donors (Lipinski definition) is 2. The highest BCUT2D eigenvalue weighted by Crippen LogP contribution is 2.10. The Bertz CT molecular complexity index is 925. The molecule has 2 aromatic carbocycles. The lowest BCUT2D eigenvalue weighted by Gasteiger charge is -2.13. The second-order valence-electron chi connectivity index (χ2n) is 6.70. The van der Waals surface area contributed by atoms with Crippen LogP contribution < -0.4 is 10.6 Å². The van der Waals surface area contributed by atoms with Crippen molar-refractivity contribution in [2.75, 3.05) is 13.6 Å². The number of aryl methyl sites for hydroxylation is 1. The van der Waals surface area contributed by atoms with Gasteiger partial charge in [-0.25, -0.2) is 4.39 Å². The lowest BCUT2D eigenvalue weighted by atomic mass is 10.1. The van der Waals surface area contributed by atoms with Crippen LogP contribution in [0, 0.1) is 12.7 Å². The number of rotatable bonds is 7. The topological polar surface area (TPSA) is 54.2 Å². The molecule has 0 atom stereocenters. The van der Waals surface area contributed by atoms with Crippen molar-refractivity contribution in [2.24, 2.45) is 4.99 Å². The monoisotopic (exact) mass is 507 g/mol. The minimum Gasteiger partial charge on any atom is -0.356 e. The van der Waals surface area contributed by atoms with Gasteiger partial charge < -0.3 is 10.6 Å². The number of aliphatic imine (C=N–C) groups is 1. The normalized spacial score (nSPS) is 11.1. The van der Waals surface area contributed by atoms with Crippen LogP contribution in [0.5, 0.6) is 0 Å². The van der Waals surface area contributed by atoms with Gasteiger partial charge in [0.2, 0.25) is 0 Å². The van der Waals surface area contributed by atoms with E-state index in [1.165, 1.54) is 17.2 Å². The van der Waals surface area contributed by atoms with Gasteiger partial charge >= 0.3 is 0 Å². The summed E-state index contributed by atoms with van der Waals surface area (Å²) in [5.74, 6) is 0.554. The lowest BCUT2D eigenvalue weighted by Crippen LogP contribution is -2.37. The number of hydrogen-bond acceptors (Lipinski definition) is 2. The van der Waals surface area contributed by atoms with E-state index in [0.29, 0.717) is 6.54 Å². The third-order valence-corrected chi connectivity index (χ3v) is 4.57. The maximum Gasteiger partial charge on any atom is 0.191 e. The van der Waals surface area contributed by atoms with Gasteiger partial charge in [-0.05, 0) is 53.8 Å². The molecule has 3 rings (SSSR count). The summed E-state index contributed by atoms with van der Waals surface area (Å²) < 4.78 is 15.1. The molecule has 1 heterocycles. The van der Waals surface area contributed by atoms with E-state index in [1.54, 1.807) is 19.3 Å². The molecule has 5 nitrogen and oxygen atoms in total. The Balaban J connectivity index is 0.00000300. The zero-order chi connectivity index (χ0) is 19.8. The molecular weight excluding hydrogens is 480 g/mol. The third kappa shape index (κ3) is 7.16. The molecule has 2 N–H and O–H groups in total. The number of nitrogens with zero attached hydrogens (tertiary/aromatic N) is 3. The van der Waals surface area contributed by atoms with E-state index in [4.69, 9.17) is 0 Å². The minimum absolute atomic E-state index is 0. The Hall–Kier alpha value is -2.42. The molecule has 0 saturated carbocycles. The average Bonchev–Trinajstić information content (AvgIpc) is 3.19. The van der Waals surface area contributed by atoms with E-state index >= 15 is 0 Å². The lowest BCUT2D eigenvalue weighted by molar-refractivity contribution is 0.625. The zero-order valence-corrected chi connectivity index (χ0v) is 19.1. The highest BCUT2D eigenvalue weighted by atomic mass is 127. The molecule has 29 heavy (non-hydrogen) atoms. The van der Waals surface area contributed by atoms with E-state index in [2.05, 4.69) is 45.0 Å². The molecule has 1 aromatic heterocycles. The van der Waals surface area contributed by atoms with Gasteiger partial charge in [0.25, 0.3) is 0 Å². The van der Waals surface area contributed by atoms with Crippen LogP contribution in [0.25, 0.3) is 0 Å². The molecule has 0 aliphatic rings. The molecule has 0 amide bonds. The molecule has 7 heteroatoms. The molecule has 0 radical (unpaired) electrons. The quantitative estimate of drug-likeness (QED) is 0.290. The molecular formula is C22H27FIN5. The van der Waals surface area contributed by atoms with E-state index in [0.717, 1.165) is 36.6 Å². The van der Waals surface area contributed by atoms with Gasteiger partial charge in [-0.1, -0.05) is 30.3 Å². The maximum absolute atomic E-state index is 13.2. The molecule has 0 aliphatic carbocycles. The van der Waals surface area contributed by atoms with Gasteiger partial charge in [0.1, 0.15) is 5.82 Å². The number of guanidine groups is 1. The van der Waals surface area contributed by atoms with E-state index in [-0.39, 0.29) is 29.8 Å². The number of benzene rings is 2. The zero-order valence-electron chi connectivity index (χ0n) is 16.7. The van der Waals surface area contributed by atoms with Crippen molar-refractivity contribution in [1.82, 2.24) is 20.4 Å². The SMILES string of the molecule is CN=C(NCCc1ccc(F)cc1C)NCc1cccc(Cn2cccn2)c1.I. The number of halogens is 2. The standard InChI is InChI=1S/C22H26FN5.HI/c1-17-13-21(23)8-7-20(17)9-11-25-22(24-2)26-15-18-5-3-6-19(14-18)16-28-12-4-10-27-28;/h3-8,10,12-14H,9,11,15-16H2,1-2H3,(H2,24,25,26);1H. The number of nitrogens with one attached hydrogen (secondary N) is 2. The first-order valence-electron chi connectivity index (χ1n) is 9.39. The van der Waals surface area contributed by atoms with Crippen LogP contribution in [0.1, 0.15) is 22.3 Å². The second kappa shape index (κ2) is 11.5. The van der Waals surface area contributed by atoms with E-state index < -0.39 is 0 Å². The Morgan fingerprint density at radius 1 is 1.10 bits per heavy atom. The van der Waals surface area contributed by atoms with Crippen molar-refractivity contribution < 1.29 is 4.39 Å². The van der Waals surface area contributed by atoms with Crippen molar-refractivity contribution in [1.29, 1.82) is 0 Å². The summed E-state index contributed by atoms with van der Waals surface area (Å²) in [5.41, 5.74) is 4.49. The molecule has 0 unspecified atom stereocenters. The largest absolute Gasteiger partial charge is 0.356 e. The molecule has 154 valence electrons. The summed E-state index contributed by atoms with van der Waals surface area (Å²) in [6.45, 7) is 4.10. The fourth-order valence-electron chi connectivity index (χ4n) is 3.08. The predicted molar refractivity (Wildman–Crippen MR) is 126 cm³/mol. The van der Waals surface area contributed by atoms with Gasteiger partial charge in [-0.15, -0.1) is 24.0 Å². The van der Waals surface area contributed by atoms with Crippen LogP contribution in [-0.4, -0.2) is 29.3 Å². The number of aromatic nitrogens is 2. The highest BCUT2D eigenvalue weighted by molar-refractivity contribution is 14.0. The minimum atomic E-state index is -0.193. The molecule has 3 aromatic rings. The first-order valence-corrected chi connectivity index (χ1v) is 9.39. The van der Waals surface area contributed by atoms with E-state index in [9.17, 15) is 4.39 Å². The summed E-state index contributed by atoms with van der Waals surface area (Å²) in [5, 5.41) is 10.9. The van der Waals surface area contributed by atoms with Crippen LogP contribution in [0.4, 0.5) is 4.39 Å². The third-order valence-electron chi connectivity index (χ3n) is 4.57. The van der Waals surface area contributed by atoms with Gasteiger partial charge in [0.15, 0.2) is 5.96 Å². The fourth-order valence-corrected chi connectivity index (χ4v) is 3.08. The fraction of sp³-hybridized carbons (Fsp3) is 0.273. The van der Waals surface area contributed by atoms with Crippen LogP contribution >= 0.6 is 24.0 Å². The Kier molecular flexibility index (Phi) is 9.11. The average molecular weight is 507 g/mol. The molecule has 0 fully saturated rings. The van der Waals surface area contributed by atoms with E-state index in [1.807, 2.05) is 29.9 Å². The summed E-state index contributed by atoms with van der Waals surface area (Å²) in [7, 11) is 1.76. The Morgan fingerprint density at radius 2 is 1.93 bits per heavy atom. The van der Waals surface area contributed by atoms with Crippen molar-refractivity contribution in [3.8, 4) is 0 Å². The van der Waals surface area contributed by atoms with Crippen LogP contribution in [0.2, 0.25) is 0 Å². The van der Waals surface area contributed by atoms with Crippen molar-refractivity contribution in [3.63, 3.8) is 0 Å².